The van der Waals surface area contributed by atoms with Crippen LogP contribution in [0.25, 0.3) is 0 Å². The maximum atomic E-state index is 6.05. The van der Waals surface area contributed by atoms with Crippen molar-refractivity contribution in [3.8, 4) is 0 Å². The van der Waals surface area contributed by atoms with E-state index >= 15 is 0 Å². The van der Waals surface area contributed by atoms with Crippen LogP contribution in [0.15, 0.2) is 12.1 Å². The van der Waals surface area contributed by atoms with Crippen LogP contribution in [-0.2, 0) is 6.42 Å². The zero-order valence-electron chi connectivity index (χ0n) is 13.2. The molecule has 0 aromatic carbocycles. The monoisotopic (exact) mass is 326 g/mol. The van der Waals surface area contributed by atoms with E-state index < -0.39 is 0 Å². The third kappa shape index (κ3) is 3.64. The summed E-state index contributed by atoms with van der Waals surface area (Å²) in [6, 6.07) is 4.88. The summed E-state index contributed by atoms with van der Waals surface area (Å²) in [6.45, 7) is 8.27. The molecule has 1 aliphatic carbocycles. The predicted molar refractivity (Wildman–Crippen MR) is 92.4 cm³/mol. The van der Waals surface area contributed by atoms with Gasteiger partial charge < -0.3 is 5.32 Å². The fraction of sp³-hybridized carbons (Fsp3) is 0.765. The first kappa shape index (κ1) is 15.8. The van der Waals surface area contributed by atoms with Crippen LogP contribution in [0, 0.1) is 5.92 Å². The number of hydrogen-bond acceptors (Lipinski definition) is 3. The summed E-state index contributed by atoms with van der Waals surface area (Å²) < 4.78 is 0.915. The minimum Gasteiger partial charge on any atom is -0.308 e. The smallest absolute Gasteiger partial charge is 0.0931 e. The lowest BCUT2D eigenvalue weighted by Gasteiger charge is -2.48. The van der Waals surface area contributed by atoms with E-state index in [2.05, 4.69) is 30.1 Å². The van der Waals surface area contributed by atoms with Gasteiger partial charge in [0.05, 0.1) is 4.34 Å². The Morgan fingerprint density at radius 3 is 2.76 bits per heavy atom. The van der Waals surface area contributed by atoms with Crippen molar-refractivity contribution in [1.29, 1.82) is 0 Å². The van der Waals surface area contributed by atoms with E-state index in [9.17, 15) is 0 Å². The molecule has 1 saturated heterocycles. The van der Waals surface area contributed by atoms with Crippen molar-refractivity contribution in [2.24, 2.45) is 5.92 Å². The molecule has 0 bridgehead atoms. The zero-order valence-corrected chi connectivity index (χ0v) is 14.8. The minimum absolute atomic E-state index is 0.415. The van der Waals surface area contributed by atoms with Crippen molar-refractivity contribution in [3.05, 3.63) is 21.3 Å². The van der Waals surface area contributed by atoms with Crippen molar-refractivity contribution in [3.63, 3.8) is 0 Å². The van der Waals surface area contributed by atoms with Crippen LogP contribution in [0.2, 0.25) is 4.34 Å². The van der Waals surface area contributed by atoms with Gasteiger partial charge in [0, 0.05) is 36.1 Å². The van der Waals surface area contributed by atoms with Gasteiger partial charge in [0.25, 0.3) is 0 Å². The maximum absolute atomic E-state index is 6.05. The van der Waals surface area contributed by atoms with E-state index in [4.69, 9.17) is 11.6 Å². The summed E-state index contributed by atoms with van der Waals surface area (Å²) >= 11 is 7.79. The van der Waals surface area contributed by atoms with E-state index in [1.165, 1.54) is 43.6 Å². The second-order valence-corrected chi connectivity index (χ2v) is 8.91. The van der Waals surface area contributed by atoms with Gasteiger partial charge in [0.15, 0.2) is 0 Å². The average molecular weight is 327 g/mol. The van der Waals surface area contributed by atoms with E-state index in [0.717, 1.165) is 17.3 Å². The highest BCUT2D eigenvalue weighted by Crippen LogP contribution is 2.34. The number of thiophene rings is 1. The molecule has 2 aliphatic rings. The molecule has 1 saturated carbocycles. The molecular weight excluding hydrogens is 300 g/mol. The normalized spacial score (nSPS) is 26.0. The third-order valence-electron chi connectivity index (χ3n) is 5.27. The first-order valence-electron chi connectivity index (χ1n) is 8.31. The van der Waals surface area contributed by atoms with Gasteiger partial charge in [-0.1, -0.05) is 38.3 Å². The Morgan fingerprint density at radius 1 is 1.38 bits per heavy atom. The van der Waals surface area contributed by atoms with Crippen molar-refractivity contribution < 1.29 is 0 Å². The molecule has 3 rings (SSSR count). The molecule has 1 atom stereocenters. The average Bonchev–Trinajstić information content (AvgIpc) is 3.06. The zero-order chi connectivity index (χ0) is 14.9. The molecule has 2 fully saturated rings. The first-order chi connectivity index (χ1) is 10.1. The second kappa shape index (κ2) is 6.57. The Bertz CT molecular complexity index is 465. The molecular formula is C17H27ClN2S. The fourth-order valence-electron chi connectivity index (χ4n) is 4.04. The lowest BCUT2D eigenvalue weighted by Crippen LogP contribution is -2.64. The molecule has 1 aliphatic heterocycles. The van der Waals surface area contributed by atoms with Crippen LogP contribution >= 0.6 is 22.9 Å². The molecule has 2 heterocycles. The highest BCUT2D eigenvalue weighted by atomic mass is 35.5. The Kier molecular flexibility index (Phi) is 4.94. The van der Waals surface area contributed by atoms with Crippen LogP contribution in [0.1, 0.15) is 44.4 Å². The van der Waals surface area contributed by atoms with Gasteiger partial charge in [-0.3, -0.25) is 4.90 Å². The Balaban J connectivity index is 1.65. The van der Waals surface area contributed by atoms with Gasteiger partial charge in [-0.15, -0.1) is 11.3 Å². The summed E-state index contributed by atoms with van der Waals surface area (Å²) in [5, 5.41) is 3.90. The topological polar surface area (TPSA) is 15.3 Å². The summed E-state index contributed by atoms with van der Waals surface area (Å²) in [5.41, 5.74) is 0.415. The lowest BCUT2D eigenvalue weighted by molar-refractivity contribution is 0.0582. The number of nitrogens with zero attached hydrogens (tertiary/aromatic N) is 1. The van der Waals surface area contributed by atoms with Gasteiger partial charge >= 0.3 is 0 Å². The van der Waals surface area contributed by atoms with Crippen LogP contribution in [0.5, 0.6) is 0 Å². The highest BCUT2D eigenvalue weighted by Gasteiger charge is 2.41. The molecule has 118 valence electrons. The number of hydrogen-bond donors (Lipinski definition) is 1. The highest BCUT2D eigenvalue weighted by molar-refractivity contribution is 7.16. The first-order valence-corrected chi connectivity index (χ1v) is 9.51. The number of piperazine rings is 1. The third-order valence-corrected chi connectivity index (χ3v) is 6.56. The van der Waals surface area contributed by atoms with E-state index in [1.54, 1.807) is 11.3 Å². The molecule has 0 amide bonds. The maximum Gasteiger partial charge on any atom is 0.0931 e. The van der Waals surface area contributed by atoms with Gasteiger partial charge in [-0.2, -0.15) is 0 Å². The van der Waals surface area contributed by atoms with Gasteiger partial charge in [0.2, 0.25) is 0 Å². The Hall–Kier alpha value is -0.0900. The number of halogens is 1. The minimum atomic E-state index is 0.415. The van der Waals surface area contributed by atoms with E-state index in [-0.39, 0.29) is 0 Å². The summed E-state index contributed by atoms with van der Waals surface area (Å²) in [7, 11) is 0. The van der Waals surface area contributed by atoms with Crippen molar-refractivity contribution in [1.82, 2.24) is 10.2 Å². The summed E-state index contributed by atoms with van der Waals surface area (Å²) in [5.74, 6) is 0.711. The molecule has 1 N–H and O–H groups in total. The van der Waals surface area contributed by atoms with Crippen LogP contribution in [0.3, 0.4) is 0 Å². The lowest BCUT2D eigenvalue weighted by atomic mass is 9.89. The Morgan fingerprint density at radius 2 is 2.14 bits per heavy atom. The molecule has 4 heteroatoms. The molecule has 21 heavy (non-hydrogen) atoms. The molecule has 0 radical (unpaired) electrons. The fourth-order valence-corrected chi connectivity index (χ4v) is 5.12. The van der Waals surface area contributed by atoms with Crippen LogP contribution in [0.4, 0.5) is 0 Å². The number of rotatable bonds is 4. The van der Waals surface area contributed by atoms with E-state index in [0.29, 0.717) is 17.5 Å². The SMILES string of the molecule is CC(C)C1CNC2(CCCC2)CN1CCc1ccc(Cl)s1. The van der Waals surface area contributed by atoms with Gasteiger partial charge in [-0.25, -0.2) is 0 Å². The molecule has 1 spiro atoms. The van der Waals surface area contributed by atoms with Crippen LogP contribution < -0.4 is 5.32 Å². The molecule has 2 nitrogen and oxygen atoms in total. The largest absolute Gasteiger partial charge is 0.308 e. The standard InChI is InChI=1S/C17H27ClN2S/c1-13(2)15-11-19-17(8-3-4-9-17)12-20(15)10-7-14-5-6-16(18)21-14/h5-6,13,15,19H,3-4,7-12H2,1-2H3. The summed E-state index contributed by atoms with van der Waals surface area (Å²) in [6.07, 6.45) is 6.65. The van der Waals surface area contributed by atoms with Crippen molar-refractivity contribution in [2.45, 2.75) is 57.5 Å². The molecule has 1 aromatic rings. The number of nitrogens with one attached hydrogen (secondary N) is 1. The predicted octanol–water partition coefficient (Wildman–Crippen LogP) is 4.19. The van der Waals surface area contributed by atoms with Crippen molar-refractivity contribution >= 4 is 22.9 Å². The summed E-state index contributed by atoms with van der Waals surface area (Å²) in [4.78, 5) is 4.17. The quantitative estimate of drug-likeness (QED) is 0.892. The Labute approximate surface area is 137 Å². The van der Waals surface area contributed by atoms with Crippen molar-refractivity contribution in [2.75, 3.05) is 19.6 Å². The molecule has 1 aromatic heterocycles. The van der Waals surface area contributed by atoms with Gasteiger partial charge in [0.1, 0.15) is 0 Å². The van der Waals surface area contributed by atoms with E-state index in [1.807, 2.05) is 6.07 Å². The molecule has 1 unspecified atom stereocenters. The van der Waals surface area contributed by atoms with Crippen LogP contribution in [-0.4, -0.2) is 36.1 Å². The van der Waals surface area contributed by atoms with Gasteiger partial charge in [-0.05, 0) is 37.3 Å². The second-order valence-electron chi connectivity index (χ2n) is 7.11.